The van der Waals surface area contributed by atoms with E-state index in [0.717, 1.165) is 18.2 Å². The fourth-order valence-electron chi connectivity index (χ4n) is 2.16. The van der Waals surface area contributed by atoms with Crippen LogP contribution < -0.4 is 10.1 Å². The monoisotopic (exact) mass is 401 g/mol. The predicted octanol–water partition coefficient (Wildman–Crippen LogP) is 2.94. The Bertz CT molecular complexity index is 971. The zero-order chi connectivity index (χ0) is 21.6. The van der Waals surface area contributed by atoms with Gasteiger partial charge in [0.25, 0.3) is 5.91 Å². The summed E-state index contributed by atoms with van der Waals surface area (Å²) >= 11 is 0. The van der Waals surface area contributed by atoms with Crippen molar-refractivity contribution in [2.75, 3.05) is 5.32 Å². The highest BCUT2D eigenvalue weighted by Gasteiger charge is 2.24. The Kier molecular flexibility index (Phi) is 6.81. The maximum absolute atomic E-state index is 13.3. The largest absolute Gasteiger partial charge is 0.479 e. The number of nitro groups is 1. The molecule has 0 spiro atoms. The van der Waals surface area contributed by atoms with Crippen molar-refractivity contribution in [2.24, 2.45) is 0 Å². The lowest BCUT2D eigenvalue weighted by Crippen LogP contribution is -2.35. The molecule has 0 fully saturated rings. The molecule has 29 heavy (non-hydrogen) atoms. The summed E-state index contributed by atoms with van der Waals surface area (Å²) in [6.07, 6.45) is -2.27. The number of nitriles is 1. The normalized spacial score (nSPS) is 12.2. The van der Waals surface area contributed by atoms with Gasteiger partial charge in [0.15, 0.2) is 12.2 Å². The maximum Gasteiger partial charge on any atom is 0.347 e. The predicted molar refractivity (Wildman–Crippen MR) is 98.5 cm³/mol. The van der Waals surface area contributed by atoms with Gasteiger partial charge in [0, 0.05) is 11.8 Å². The molecule has 10 heteroatoms. The molecule has 0 unspecified atom stereocenters. The molecule has 0 saturated carbocycles. The smallest absolute Gasteiger partial charge is 0.347 e. The molecule has 2 aromatic rings. The topological polar surface area (TPSA) is 132 Å². The number of nitro benzene ring substituents is 1. The molecule has 0 saturated heterocycles. The van der Waals surface area contributed by atoms with Crippen LogP contribution >= 0.6 is 0 Å². The number of nitrogens with zero attached hydrogens (tertiary/aromatic N) is 2. The highest BCUT2D eigenvalue weighted by atomic mass is 19.1. The lowest BCUT2D eigenvalue weighted by molar-refractivity contribution is -0.387. The van der Waals surface area contributed by atoms with Crippen LogP contribution in [0.3, 0.4) is 0 Å². The number of rotatable bonds is 7. The molecule has 0 radical (unpaired) electrons. The Labute approximate surface area is 164 Å². The standard InChI is InChI=1S/C19H16FN3O6/c1-11(18(24)22-14-5-8-16(20)17(9-14)23(26)27)29-19(25)12(2)28-15-6-3-13(10-21)4-7-15/h3-9,11-12H,1-2H3,(H,22,24)/t11-,12-/m0/s1. The van der Waals surface area contributed by atoms with Crippen molar-refractivity contribution < 1.29 is 28.4 Å². The van der Waals surface area contributed by atoms with E-state index in [1.54, 1.807) is 0 Å². The van der Waals surface area contributed by atoms with E-state index in [2.05, 4.69) is 5.32 Å². The molecule has 0 aliphatic heterocycles. The van der Waals surface area contributed by atoms with E-state index in [9.17, 15) is 24.1 Å². The molecule has 1 N–H and O–H groups in total. The number of esters is 1. The van der Waals surface area contributed by atoms with Crippen LogP contribution in [0.2, 0.25) is 0 Å². The molecule has 0 aliphatic carbocycles. The van der Waals surface area contributed by atoms with Crippen LogP contribution in [0.25, 0.3) is 0 Å². The second-order valence-electron chi connectivity index (χ2n) is 5.89. The molecule has 1 amide bonds. The third-order valence-electron chi connectivity index (χ3n) is 3.70. The van der Waals surface area contributed by atoms with Gasteiger partial charge < -0.3 is 14.8 Å². The van der Waals surface area contributed by atoms with E-state index in [-0.39, 0.29) is 5.69 Å². The van der Waals surface area contributed by atoms with E-state index in [4.69, 9.17) is 14.7 Å². The SMILES string of the molecule is C[C@H](OC(=O)[C@H](C)Oc1ccc(C#N)cc1)C(=O)Nc1ccc(F)c([N+](=O)[O-])c1. The van der Waals surface area contributed by atoms with Crippen molar-refractivity contribution in [3.05, 3.63) is 64.0 Å². The van der Waals surface area contributed by atoms with Crippen LogP contribution in [0.15, 0.2) is 42.5 Å². The Morgan fingerprint density at radius 3 is 2.41 bits per heavy atom. The summed E-state index contributed by atoms with van der Waals surface area (Å²) in [6.45, 7) is 2.73. The van der Waals surface area contributed by atoms with Crippen LogP contribution in [-0.4, -0.2) is 29.0 Å². The molecular weight excluding hydrogens is 385 g/mol. The second-order valence-corrected chi connectivity index (χ2v) is 5.89. The average Bonchev–Trinajstić information content (AvgIpc) is 2.69. The highest BCUT2D eigenvalue weighted by Crippen LogP contribution is 2.22. The number of hydrogen-bond donors (Lipinski definition) is 1. The van der Waals surface area contributed by atoms with Gasteiger partial charge in [0.05, 0.1) is 16.6 Å². The molecule has 0 bridgehead atoms. The fourth-order valence-corrected chi connectivity index (χ4v) is 2.16. The summed E-state index contributed by atoms with van der Waals surface area (Å²) in [4.78, 5) is 34.1. The second kappa shape index (κ2) is 9.27. The molecule has 2 rings (SSSR count). The molecule has 0 aliphatic rings. The number of carbonyl (C=O) groups is 2. The first kappa shape index (κ1) is 21.3. The zero-order valence-corrected chi connectivity index (χ0v) is 15.4. The Morgan fingerprint density at radius 1 is 1.17 bits per heavy atom. The fraction of sp³-hybridized carbons (Fsp3) is 0.211. The molecule has 2 atom stereocenters. The molecule has 150 valence electrons. The number of carbonyl (C=O) groups excluding carboxylic acids is 2. The van der Waals surface area contributed by atoms with Crippen molar-refractivity contribution in [3.63, 3.8) is 0 Å². The van der Waals surface area contributed by atoms with E-state index in [1.807, 2.05) is 6.07 Å². The van der Waals surface area contributed by atoms with Crippen molar-refractivity contribution in [2.45, 2.75) is 26.1 Å². The first-order valence-corrected chi connectivity index (χ1v) is 8.33. The first-order chi connectivity index (χ1) is 13.7. The molecule has 0 heterocycles. The van der Waals surface area contributed by atoms with Crippen LogP contribution in [0.5, 0.6) is 5.75 Å². The Hall–Kier alpha value is -4.00. The number of hydrogen-bond acceptors (Lipinski definition) is 7. The van der Waals surface area contributed by atoms with Gasteiger partial charge in [0.2, 0.25) is 5.82 Å². The third kappa shape index (κ3) is 5.74. The van der Waals surface area contributed by atoms with Crippen molar-refractivity contribution in [1.82, 2.24) is 0 Å². The van der Waals surface area contributed by atoms with Crippen LogP contribution in [0.1, 0.15) is 19.4 Å². The average molecular weight is 401 g/mol. The molecule has 0 aromatic heterocycles. The van der Waals surface area contributed by atoms with Crippen molar-refractivity contribution >= 4 is 23.3 Å². The van der Waals surface area contributed by atoms with E-state index in [1.165, 1.54) is 38.1 Å². The number of amides is 1. The number of ether oxygens (including phenoxy) is 2. The van der Waals surface area contributed by atoms with Crippen LogP contribution in [0, 0.1) is 27.3 Å². The summed E-state index contributed by atoms with van der Waals surface area (Å²) < 4.78 is 23.8. The van der Waals surface area contributed by atoms with Crippen LogP contribution in [-0.2, 0) is 14.3 Å². The maximum atomic E-state index is 13.3. The molecular formula is C19H16FN3O6. The van der Waals surface area contributed by atoms with Gasteiger partial charge in [-0.1, -0.05) is 0 Å². The quantitative estimate of drug-likeness (QED) is 0.428. The van der Waals surface area contributed by atoms with Gasteiger partial charge in [-0.2, -0.15) is 9.65 Å². The highest BCUT2D eigenvalue weighted by molar-refractivity contribution is 5.95. The number of benzene rings is 2. The lowest BCUT2D eigenvalue weighted by Gasteiger charge is -2.17. The summed E-state index contributed by atoms with van der Waals surface area (Å²) in [5.74, 6) is -2.28. The summed E-state index contributed by atoms with van der Waals surface area (Å²) in [5, 5.41) is 21.8. The van der Waals surface area contributed by atoms with Crippen molar-refractivity contribution in [3.8, 4) is 11.8 Å². The van der Waals surface area contributed by atoms with Gasteiger partial charge >= 0.3 is 11.7 Å². The summed E-state index contributed by atoms with van der Waals surface area (Å²) in [7, 11) is 0. The van der Waals surface area contributed by atoms with E-state index >= 15 is 0 Å². The molecule has 9 nitrogen and oxygen atoms in total. The number of anilines is 1. The van der Waals surface area contributed by atoms with Gasteiger partial charge in [-0.05, 0) is 50.2 Å². The summed E-state index contributed by atoms with van der Waals surface area (Å²) in [6, 6.07) is 10.9. The van der Waals surface area contributed by atoms with E-state index < -0.39 is 40.5 Å². The van der Waals surface area contributed by atoms with Crippen molar-refractivity contribution in [1.29, 1.82) is 5.26 Å². The first-order valence-electron chi connectivity index (χ1n) is 8.33. The third-order valence-corrected chi connectivity index (χ3v) is 3.70. The van der Waals surface area contributed by atoms with Gasteiger partial charge in [-0.15, -0.1) is 0 Å². The van der Waals surface area contributed by atoms with E-state index in [0.29, 0.717) is 11.3 Å². The minimum atomic E-state index is -1.24. The summed E-state index contributed by atoms with van der Waals surface area (Å²) in [5.41, 5.74) is -0.385. The minimum absolute atomic E-state index is 0.0205. The lowest BCUT2D eigenvalue weighted by atomic mass is 10.2. The Morgan fingerprint density at radius 2 is 1.83 bits per heavy atom. The Balaban J connectivity index is 1.94. The number of halogens is 1. The zero-order valence-electron chi connectivity index (χ0n) is 15.4. The van der Waals surface area contributed by atoms with Gasteiger partial charge in [-0.25, -0.2) is 4.79 Å². The van der Waals surface area contributed by atoms with Crippen LogP contribution in [0.4, 0.5) is 15.8 Å². The molecule has 2 aromatic carbocycles. The number of nitrogens with one attached hydrogen (secondary N) is 1. The minimum Gasteiger partial charge on any atom is -0.479 e. The van der Waals surface area contributed by atoms with Gasteiger partial charge in [0.1, 0.15) is 5.75 Å². The van der Waals surface area contributed by atoms with Gasteiger partial charge in [-0.3, -0.25) is 14.9 Å².